The van der Waals surface area contributed by atoms with Crippen molar-refractivity contribution in [3.05, 3.63) is 40.0 Å². The molecular formula is C11H11FN4O4. The first kappa shape index (κ1) is 12.9. The minimum Gasteiger partial charge on any atom is -0.392 e. The first-order chi connectivity index (χ1) is 9.52. The number of aliphatic hydroxyl groups is 3. The quantitative estimate of drug-likeness (QED) is 0.486. The van der Waals surface area contributed by atoms with Gasteiger partial charge in [-0.1, -0.05) is 6.08 Å². The monoisotopic (exact) mass is 282 g/mol. The number of H-pyrrole nitrogens is 1. The third kappa shape index (κ3) is 1.75. The standard InChI is InChI=1S/C11H11FN4O4/c12-10-14-9-6(2-13-16(9)11(20)15-10)5-1-4(3-17)7(18)8(5)19/h1-2,5,7-8,17-19H,3H2,(H,14,15,20)/t5?,7-,8-/m0/s1. The summed E-state index contributed by atoms with van der Waals surface area (Å²) in [6, 6.07) is 0. The number of halogens is 1. The van der Waals surface area contributed by atoms with Gasteiger partial charge in [0.25, 0.3) is 6.08 Å². The van der Waals surface area contributed by atoms with Crippen LogP contribution in [0.15, 0.2) is 22.6 Å². The molecular weight excluding hydrogens is 271 g/mol. The number of aromatic nitrogens is 4. The third-order valence-corrected chi connectivity index (χ3v) is 3.38. The molecule has 0 radical (unpaired) electrons. The highest BCUT2D eigenvalue weighted by atomic mass is 19.1. The average molecular weight is 282 g/mol. The normalized spacial score (nSPS) is 26.2. The number of aromatic amines is 1. The van der Waals surface area contributed by atoms with Gasteiger partial charge in [0.15, 0.2) is 5.65 Å². The van der Waals surface area contributed by atoms with E-state index in [1.807, 2.05) is 4.98 Å². The zero-order chi connectivity index (χ0) is 14.4. The van der Waals surface area contributed by atoms with Crippen molar-refractivity contribution in [1.29, 1.82) is 0 Å². The van der Waals surface area contributed by atoms with Crippen molar-refractivity contribution in [3.8, 4) is 0 Å². The molecule has 0 aliphatic heterocycles. The van der Waals surface area contributed by atoms with E-state index in [9.17, 15) is 19.4 Å². The number of fused-ring (bicyclic) bond motifs is 1. The number of nitrogens with one attached hydrogen (secondary N) is 1. The Hall–Kier alpha value is -2.10. The molecule has 20 heavy (non-hydrogen) atoms. The highest BCUT2D eigenvalue weighted by Crippen LogP contribution is 2.34. The summed E-state index contributed by atoms with van der Waals surface area (Å²) < 4.78 is 14.0. The van der Waals surface area contributed by atoms with Crippen molar-refractivity contribution in [2.24, 2.45) is 0 Å². The van der Waals surface area contributed by atoms with E-state index in [0.717, 1.165) is 4.52 Å². The molecule has 2 aromatic rings. The predicted octanol–water partition coefficient (Wildman–Crippen LogP) is -1.71. The highest BCUT2D eigenvalue weighted by molar-refractivity contribution is 5.51. The van der Waals surface area contributed by atoms with Crippen LogP contribution in [0.1, 0.15) is 11.5 Å². The lowest BCUT2D eigenvalue weighted by Gasteiger charge is -2.16. The molecule has 0 aromatic carbocycles. The van der Waals surface area contributed by atoms with Crippen LogP contribution in [-0.4, -0.2) is 53.7 Å². The Morgan fingerprint density at radius 3 is 2.85 bits per heavy atom. The van der Waals surface area contributed by atoms with Crippen LogP contribution in [0.3, 0.4) is 0 Å². The van der Waals surface area contributed by atoms with Crippen molar-refractivity contribution < 1.29 is 19.7 Å². The van der Waals surface area contributed by atoms with Crippen molar-refractivity contribution in [3.63, 3.8) is 0 Å². The van der Waals surface area contributed by atoms with Gasteiger partial charge in [-0.2, -0.15) is 19.0 Å². The van der Waals surface area contributed by atoms with Gasteiger partial charge in [-0.05, 0) is 5.57 Å². The first-order valence-corrected chi connectivity index (χ1v) is 5.84. The summed E-state index contributed by atoms with van der Waals surface area (Å²) in [4.78, 5) is 16.9. The Labute approximate surface area is 110 Å². The number of nitrogens with zero attached hydrogens (tertiary/aromatic N) is 3. The fraction of sp³-hybridized carbons (Fsp3) is 0.364. The molecule has 0 saturated carbocycles. The Kier molecular flexibility index (Phi) is 2.89. The van der Waals surface area contributed by atoms with Gasteiger partial charge in [0.1, 0.15) is 6.10 Å². The maximum absolute atomic E-state index is 13.2. The molecule has 1 unspecified atom stereocenters. The minimum atomic E-state index is -1.22. The Morgan fingerprint density at radius 1 is 1.45 bits per heavy atom. The summed E-state index contributed by atoms with van der Waals surface area (Å²) >= 11 is 0. The molecule has 1 aliphatic rings. The van der Waals surface area contributed by atoms with Crippen molar-refractivity contribution in [2.75, 3.05) is 6.61 Å². The summed E-state index contributed by atoms with van der Waals surface area (Å²) in [6.07, 6.45) is -0.758. The molecule has 0 fully saturated rings. The fourth-order valence-electron chi connectivity index (χ4n) is 2.38. The molecule has 1 aliphatic carbocycles. The molecule has 8 nitrogen and oxygen atoms in total. The predicted molar refractivity (Wildman–Crippen MR) is 63.5 cm³/mol. The molecule has 0 bridgehead atoms. The largest absolute Gasteiger partial charge is 0.392 e. The molecule has 0 saturated heterocycles. The van der Waals surface area contributed by atoms with Gasteiger partial charge in [0.05, 0.1) is 18.9 Å². The third-order valence-electron chi connectivity index (χ3n) is 3.38. The molecule has 2 aromatic heterocycles. The number of rotatable bonds is 2. The van der Waals surface area contributed by atoms with Crippen LogP contribution in [0.5, 0.6) is 0 Å². The molecule has 3 atom stereocenters. The second-order valence-electron chi connectivity index (χ2n) is 4.53. The molecule has 3 rings (SSSR count). The maximum atomic E-state index is 13.2. The lowest BCUT2D eigenvalue weighted by molar-refractivity contribution is 0.0407. The zero-order valence-electron chi connectivity index (χ0n) is 10.1. The van der Waals surface area contributed by atoms with Gasteiger partial charge in [-0.15, -0.1) is 0 Å². The number of aliphatic hydroxyl groups excluding tert-OH is 3. The number of hydrogen-bond acceptors (Lipinski definition) is 6. The summed E-state index contributed by atoms with van der Waals surface area (Å²) in [5.74, 6) is -0.724. The minimum absolute atomic E-state index is 0.0436. The summed E-state index contributed by atoms with van der Waals surface area (Å²) in [5, 5.41) is 32.6. The Morgan fingerprint density at radius 2 is 2.20 bits per heavy atom. The van der Waals surface area contributed by atoms with Gasteiger partial charge in [-0.3, -0.25) is 4.98 Å². The molecule has 4 N–H and O–H groups in total. The van der Waals surface area contributed by atoms with Crippen LogP contribution >= 0.6 is 0 Å². The van der Waals surface area contributed by atoms with Crippen molar-refractivity contribution in [2.45, 2.75) is 18.1 Å². The van der Waals surface area contributed by atoms with Gasteiger partial charge in [0.2, 0.25) is 0 Å². The smallest absolute Gasteiger partial charge is 0.351 e. The van der Waals surface area contributed by atoms with Gasteiger partial charge < -0.3 is 15.3 Å². The summed E-state index contributed by atoms with van der Waals surface area (Å²) in [7, 11) is 0. The van der Waals surface area contributed by atoms with E-state index >= 15 is 0 Å². The average Bonchev–Trinajstić information content (AvgIpc) is 2.93. The Bertz CT molecular complexity index is 752. The Balaban J connectivity index is 2.16. The van der Waals surface area contributed by atoms with E-state index in [1.54, 1.807) is 0 Å². The van der Waals surface area contributed by atoms with E-state index in [1.165, 1.54) is 12.3 Å². The second kappa shape index (κ2) is 4.47. The van der Waals surface area contributed by atoms with Crippen molar-refractivity contribution in [1.82, 2.24) is 19.6 Å². The zero-order valence-corrected chi connectivity index (χ0v) is 10.1. The maximum Gasteiger partial charge on any atom is 0.351 e. The molecule has 0 spiro atoms. The SMILES string of the molecule is O=c1[nH]c(F)nc2c(C3C=C(CO)[C@H](O)[C@H]3O)cnn12. The fourth-order valence-corrected chi connectivity index (χ4v) is 2.38. The van der Waals surface area contributed by atoms with Crippen LogP contribution in [-0.2, 0) is 0 Å². The van der Waals surface area contributed by atoms with E-state index in [0.29, 0.717) is 5.56 Å². The molecule has 9 heteroatoms. The number of hydrogen-bond donors (Lipinski definition) is 4. The van der Waals surface area contributed by atoms with Gasteiger partial charge >= 0.3 is 5.69 Å². The molecule has 0 amide bonds. The van der Waals surface area contributed by atoms with Crippen LogP contribution in [0.4, 0.5) is 4.39 Å². The van der Waals surface area contributed by atoms with Crippen LogP contribution in [0.2, 0.25) is 0 Å². The van der Waals surface area contributed by atoms with E-state index in [4.69, 9.17) is 5.11 Å². The molecule has 106 valence electrons. The summed E-state index contributed by atoms with van der Waals surface area (Å²) in [6.45, 7) is -0.406. The van der Waals surface area contributed by atoms with E-state index in [2.05, 4.69) is 10.1 Å². The summed E-state index contributed by atoms with van der Waals surface area (Å²) in [5.41, 5.74) is -0.284. The molecule has 2 heterocycles. The van der Waals surface area contributed by atoms with E-state index < -0.39 is 36.5 Å². The van der Waals surface area contributed by atoms with Gasteiger partial charge in [-0.25, -0.2) is 4.79 Å². The van der Waals surface area contributed by atoms with Crippen molar-refractivity contribution >= 4 is 5.65 Å². The second-order valence-corrected chi connectivity index (χ2v) is 4.53. The lowest BCUT2D eigenvalue weighted by atomic mass is 9.98. The topological polar surface area (TPSA) is 124 Å². The van der Waals surface area contributed by atoms with Gasteiger partial charge in [0, 0.05) is 11.5 Å². The van der Waals surface area contributed by atoms with Crippen LogP contribution < -0.4 is 5.69 Å². The van der Waals surface area contributed by atoms with Crippen LogP contribution in [0.25, 0.3) is 5.65 Å². The highest BCUT2D eigenvalue weighted by Gasteiger charge is 2.37. The lowest BCUT2D eigenvalue weighted by Crippen LogP contribution is -2.28. The van der Waals surface area contributed by atoms with E-state index in [-0.39, 0.29) is 11.2 Å². The van der Waals surface area contributed by atoms with Crippen LogP contribution in [0, 0.1) is 6.08 Å². The first-order valence-electron chi connectivity index (χ1n) is 5.84.